The number of carbonyl (C=O) groups excluding carboxylic acids is 1. The van der Waals surface area contributed by atoms with Crippen LogP contribution in [0.4, 0.5) is 5.69 Å². The van der Waals surface area contributed by atoms with E-state index in [9.17, 15) is 9.59 Å². The lowest BCUT2D eigenvalue weighted by atomic mass is 10.1. The molecule has 1 aromatic rings. The Bertz CT molecular complexity index is 441. The van der Waals surface area contributed by atoms with Crippen molar-refractivity contribution in [1.82, 2.24) is 0 Å². The molecule has 1 aromatic carbocycles. The van der Waals surface area contributed by atoms with E-state index in [-0.39, 0.29) is 23.9 Å². The Morgan fingerprint density at radius 2 is 2.12 bits per heavy atom. The molecular weight excluding hydrogens is 220 g/mol. The average Bonchev–Trinajstić information content (AvgIpc) is 2.19. The largest absolute Gasteiger partial charge is 0.478 e. The van der Waals surface area contributed by atoms with Gasteiger partial charge < -0.3 is 16.2 Å². The Morgan fingerprint density at radius 1 is 1.47 bits per heavy atom. The number of amides is 1. The smallest absolute Gasteiger partial charge is 0.336 e. The zero-order valence-electron chi connectivity index (χ0n) is 9.86. The van der Waals surface area contributed by atoms with Gasteiger partial charge in [-0.3, -0.25) is 4.79 Å². The molecule has 0 aliphatic carbocycles. The molecule has 0 aliphatic heterocycles. The van der Waals surface area contributed by atoms with Gasteiger partial charge in [0.15, 0.2) is 0 Å². The van der Waals surface area contributed by atoms with Crippen molar-refractivity contribution in [3.8, 4) is 0 Å². The molecule has 1 unspecified atom stereocenters. The molecule has 0 spiro atoms. The van der Waals surface area contributed by atoms with Crippen molar-refractivity contribution in [3.05, 3.63) is 29.3 Å². The Labute approximate surface area is 99.6 Å². The summed E-state index contributed by atoms with van der Waals surface area (Å²) in [6.45, 7) is 3.44. The van der Waals surface area contributed by atoms with E-state index in [1.807, 2.05) is 0 Å². The number of benzene rings is 1. The summed E-state index contributed by atoms with van der Waals surface area (Å²) in [6, 6.07) is 4.54. The van der Waals surface area contributed by atoms with Crippen molar-refractivity contribution in [1.29, 1.82) is 0 Å². The molecule has 1 rings (SSSR count). The van der Waals surface area contributed by atoms with Gasteiger partial charge in [-0.15, -0.1) is 0 Å². The minimum Gasteiger partial charge on any atom is -0.478 e. The van der Waals surface area contributed by atoms with Gasteiger partial charge in [-0.05, 0) is 31.5 Å². The lowest BCUT2D eigenvalue weighted by Gasteiger charge is -2.09. The number of nitrogens with two attached hydrogens (primary N) is 1. The summed E-state index contributed by atoms with van der Waals surface area (Å²) < 4.78 is 0. The van der Waals surface area contributed by atoms with Gasteiger partial charge in [-0.25, -0.2) is 4.79 Å². The Kier molecular flexibility index (Phi) is 4.23. The third kappa shape index (κ3) is 3.88. The highest BCUT2D eigenvalue weighted by molar-refractivity contribution is 5.94. The quantitative estimate of drug-likeness (QED) is 0.736. The standard InChI is InChI=1S/C12H16N2O3/c1-7-3-4-9(6-10(7)12(16)17)14-11(15)5-8(2)13/h3-4,6,8H,5,13H2,1-2H3,(H,14,15)(H,16,17). The normalized spacial score (nSPS) is 11.9. The summed E-state index contributed by atoms with van der Waals surface area (Å²) in [4.78, 5) is 22.4. The van der Waals surface area contributed by atoms with E-state index in [1.54, 1.807) is 26.0 Å². The number of rotatable bonds is 4. The number of carbonyl (C=O) groups is 2. The molecule has 5 nitrogen and oxygen atoms in total. The van der Waals surface area contributed by atoms with Crippen LogP contribution in [0.3, 0.4) is 0 Å². The van der Waals surface area contributed by atoms with E-state index in [1.165, 1.54) is 6.07 Å². The second-order valence-electron chi connectivity index (χ2n) is 4.06. The predicted molar refractivity (Wildman–Crippen MR) is 65.0 cm³/mol. The molecule has 92 valence electrons. The molecule has 4 N–H and O–H groups in total. The first-order chi connectivity index (χ1) is 7.90. The summed E-state index contributed by atoms with van der Waals surface area (Å²) in [5.41, 5.74) is 6.80. The number of nitrogens with one attached hydrogen (secondary N) is 1. The predicted octanol–water partition coefficient (Wildman–Crippen LogP) is 1.37. The zero-order chi connectivity index (χ0) is 13.0. The van der Waals surface area contributed by atoms with E-state index in [2.05, 4.69) is 5.32 Å². The lowest BCUT2D eigenvalue weighted by Crippen LogP contribution is -2.24. The van der Waals surface area contributed by atoms with Crippen molar-refractivity contribution in [3.63, 3.8) is 0 Å². The minimum atomic E-state index is -1.01. The van der Waals surface area contributed by atoms with E-state index < -0.39 is 5.97 Å². The summed E-state index contributed by atoms with van der Waals surface area (Å²) in [5.74, 6) is -1.23. The van der Waals surface area contributed by atoms with Gasteiger partial charge in [0.05, 0.1) is 5.56 Å². The van der Waals surface area contributed by atoms with Crippen molar-refractivity contribution in [2.45, 2.75) is 26.3 Å². The van der Waals surface area contributed by atoms with Gasteiger partial charge in [-0.2, -0.15) is 0 Å². The number of hydrogen-bond donors (Lipinski definition) is 3. The zero-order valence-corrected chi connectivity index (χ0v) is 9.86. The Hall–Kier alpha value is -1.88. The molecule has 0 saturated carbocycles. The molecule has 0 heterocycles. The maximum absolute atomic E-state index is 11.5. The van der Waals surface area contributed by atoms with Crippen LogP contribution in [0.15, 0.2) is 18.2 Å². The molecule has 1 atom stereocenters. The minimum absolute atomic E-state index is 0.184. The van der Waals surface area contributed by atoms with E-state index in [0.717, 1.165) is 0 Å². The average molecular weight is 236 g/mol. The third-order valence-corrected chi connectivity index (χ3v) is 2.26. The van der Waals surface area contributed by atoms with Crippen LogP contribution in [-0.2, 0) is 4.79 Å². The number of hydrogen-bond acceptors (Lipinski definition) is 3. The van der Waals surface area contributed by atoms with Crippen LogP contribution in [0.2, 0.25) is 0 Å². The maximum Gasteiger partial charge on any atom is 0.336 e. The van der Waals surface area contributed by atoms with Gasteiger partial charge in [0, 0.05) is 18.2 Å². The van der Waals surface area contributed by atoms with Crippen LogP contribution < -0.4 is 11.1 Å². The van der Waals surface area contributed by atoms with Crippen LogP contribution >= 0.6 is 0 Å². The highest BCUT2D eigenvalue weighted by Gasteiger charge is 2.10. The monoisotopic (exact) mass is 236 g/mol. The molecule has 0 bridgehead atoms. The number of aromatic carboxylic acids is 1. The van der Waals surface area contributed by atoms with E-state index in [4.69, 9.17) is 10.8 Å². The van der Waals surface area contributed by atoms with Crippen molar-refractivity contribution < 1.29 is 14.7 Å². The fourth-order valence-electron chi connectivity index (χ4n) is 1.43. The first-order valence-electron chi connectivity index (χ1n) is 5.29. The van der Waals surface area contributed by atoms with Gasteiger partial charge >= 0.3 is 5.97 Å². The molecule has 17 heavy (non-hydrogen) atoms. The van der Waals surface area contributed by atoms with Crippen molar-refractivity contribution in [2.24, 2.45) is 5.73 Å². The first kappa shape index (κ1) is 13.2. The van der Waals surface area contributed by atoms with Crippen molar-refractivity contribution >= 4 is 17.6 Å². The number of carboxylic acid groups (broad SMARTS) is 1. The van der Waals surface area contributed by atoms with Gasteiger partial charge in [-0.1, -0.05) is 6.07 Å². The van der Waals surface area contributed by atoms with Crippen LogP contribution in [0.5, 0.6) is 0 Å². The number of anilines is 1. The third-order valence-electron chi connectivity index (χ3n) is 2.26. The van der Waals surface area contributed by atoms with Crippen LogP contribution in [0, 0.1) is 6.92 Å². The van der Waals surface area contributed by atoms with Gasteiger partial charge in [0.2, 0.25) is 5.91 Å². The van der Waals surface area contributed by atoms with Gasteiger partial charge in [0.1, 0.15) is 0 Å². The van der Waals surface area contributed by atoms with Crippen molar-refractivity contribution in [2.75, 3.05) is 5.32 Å². The molecule has 0 saturated heterocycles. The maximum atomic E-state index is 11.5. The summed E-state index contributed by atoms with van der Waals surface area (Å²) in [7, 11) is 0. The summed E-state index contributed by atoms with van der Waals surface area (Å²) in [6.07, 6.45) is 0.205. The Morgan fingerprint density at radius 3 is 2.65 bits per heavy atom. The fraction of sp³-hybridized carbons (Fsp3) is 0.333. The van der Waals surface area contributed by atoms with Crippen LogP contribution in [0.1, 0.15) is 29.3 Å². The lowest BCUT2D eigenvalue weighted by molar-refractivity contribution is -0.116. The second-order valence-corrected chi connectivity index (χ2v) is 4.06. The van der Waals surface area contributed by atoms with Gasteiger partial charge in [0.25, 0.3) is 0 Å². The molecule has 0 fully saturated rings. The number of aryl methyl sites for hydroxylation is 1. The first-order valence-corrected chi connectivity index (χ1v) is 5.29. The number of carboxylic acids is 1. The molecule has 1 amide bonds. The summed E-state index contributed by atoms with van der Waals surface area (Å²) in [5, 5.41) is 11.6. The van der Waals surface area contributed by atoms with Crippen LogP contribution in [0.25, 0.3) is 0 Å². The molecule has 0 aliphatic rings. The molecule has 5 heteroatoms. The van der Waals surface area contributed by atoms with E-state index >= 15 is 0 Å². The van der Waals surface area contributed by atoms with Crippen LogP contribution in [-0.4, -0.2) is 23.0 Å². The summed E-state index contributed by atoms with van der Waals surface area (Å²) >= 11 is 0. The molecule has 0 aromatic heterocycles. The van der Waals surface area contributed by atoms with E-state index in [0.29, 0.717) is 11.3 Å². The molecular formula is C12H16N2O3. The topological polar surface area (TPSA) is 92.4 Å². The highest BCUT2D eigenvalue weighted by Crippen LogP contribution is 2.15. The Balaban J connectivity index is 2.82. The highest BCUT2D eigenvalue weighted by atomic mass is 16.4. The molecule has 0 radical (unpaired) electrons. The fourth-order valence-corrected chi connectivity index (χ4v) is 1.43. The second kappa shape index (κ2) is 5.45. The SMILES string of the molecule is Cc1ccc(NC(=O)CC(C)N)cc1C(=O)O.